The Bertz CT molecular complexity index is 394. The Hall–Kier alpha value is -1.32. The van der Waals surface area contributed by atoms with Crippen LogP contribution in [-0.4, -0.2) is 22.6 Å². The first kappa shape index (κ1) is 18.7. The van der Waals surface area contributed by atoms with Crippen LogP contribution in [0.4, 0.5) is 0 Å². The van der Waals surface area contributed by atoms with Crippen molar-refractivity contribution in [2.24, 2.45) is 11.8 Å². The zero-order valence-electron chi connectivity index (χ0n) is 14.1. The molecule has 0 spiro atoms. The fraction of sp³-hybridized carbons (Fsp3) is 0.778. The highest BCUT2D eigenvalue weighted by Crippen LogP contribution is 2.37. The number of carbonyl (C=O) groups is 2. The van der Waals surface area contributed by atoms with Crippen LogP contribution in [0, 0.1) is 11.8 Å². The molecule has 0 aromatic rings. The summed E-state index contributed by atoms with van der Waals surface area (Å²) in [6, 6.07) is 0. The van der Waals surface area contributed by atoms with Gasteiger partial charge in [0.15, 0.2) is 0 Å². The molecule has 1 aliphatic carbocycles. The molecule has 0 radical (unpaired) electrons. The maximum Gasteiger partial charge on any atom is 0.331 e. The van der Waals surface area contributed by atoms with Gasteiger partial charge in [0.1, 0.15) is 5.60 Å². The predicted octanol–water partition coefficient (Wildman–Crippen LogP) is 4.34. The second-order valence-corrected chi connectivity index (χ2v) is 6.78. The van der Waals surface area contributed by atoms with E-state index in [9.17, 15) is 9.59 Å². The molecule has 22 heavy (non-hydrogen) atoms. The zero-order chi connectivity index (χ0) is 16.6. The molecule has 1 saturated carbocycles. The fourth-order valence-electron chi connectivity index (χ4n) is 3.42. The van der Waals surface area contributed by atoms with E-state index in [1.165, 1.54) is 38.5 Å². The average Bonchev–Trinajstić information content (AvgIpc) is 2.47. The van der Waals surface area contributed by atoms with E-state index >= 15 is 0 Å². The van der Waals surface area contributed by atoms with Crippen LogP contribution >= 0.6 is 0 Å². The summed E-state index contributed by atoms with van der Waals surface area (Å²) >= 11 is 0. The molecule has 126 valence electrons. The summed E-state index contributed by atoms with van der Waals surface area (Å²) in [5.41, 5.74) is -0.498. The summed E-state index contributed by atoms with van der Waals surface area (Å²) in [6.07, 6.45) is 11.0. The Morgan fingerprint density at radius 3 is 2.23 bits per heavy atom. The lowest BCUT2D eigenvalue weighted by atomic mass is 9.75. The number of hydrogen-bond donors (Lipinski definition) is 1. The van der Waals surface area contributed by atoms with Crippen molar-refractivity contribution in [3.05, 3.63) is 12.2 Å². The van der Waals surface area contributed by atoms with Gasteiger partial charge in [0, 0.05) is 12.2 Å². The summed E-state index contributed by atoms with van der Waals surface area (Å²) in [6.45, 7) is 6.21. The first-order valence-electron chi connectivity index (χ1n) is 8.52. The first-order valence-corrected chi connectivity index (χ1v) is 8.52. The van der Waals surface area contributed by atoms with Crippen molar-refractivity contribution < 1.29 is 19.4 Å². The number of carboxylic acid groups (broad SMARTS) is 1. The molecule has 0 heterocycles. The normalized spacial score (nSPS) is 24.9. The second-order valence-electron chi connectivity index (χ2n) is 6.78. The summed E-state index contributed by atoms with van der Waals surface area (Å²) in [5.74, 6) is -0.222. The molecule has 1 unspecified atom stereocenters. The van der Waals surface area contributed by atoms with E-state index in [0.717, 1.165) is 30.9 Å². The highest BCUT2D eigenvalue weighted by Gasteiger charge is 2.32. The first-order chi connectivity index (χ1) is 10.4. The summed E-state index contributed by atoms with van der Waals surface area (Å²) in [5, 5.41) is 8.55. The molecule has 0 aromatic carbocycles. The van der Waals surface area contributed by atoms with E-state index in [1.807, 2.05) is 13.8 Å². The lowest BCUT2D eigenvalue weighted by molar-refractivity contribution is -0.154. The molecular formula is C18H30O4. The van der Waals surface area contributed by atoms with Gasteiger partial charge in [-0.25, -0.2) is 9.59 Å². The molecule has 1 aliphatic rings. The standard InChI is InChI=1S/C18H30O4/c1-4-6-14-7-9-15(10-8-14)13-18(3,5-2)22-17(21)12-11-16(19)20/h11-12,14-15H,4-10,13H2,1-3H3,(H,19,20)/b12-11+. The number of carboxylic acids is 1. The Labute approximate surface area is 133 Å². The van der Waals surface area contributed by atoms with E-state index in [-0.39, 0.29) is 0 Å². The van der Waals surface area contributed by atoms with Crippen LogP contribution in [0.5, 0.6) is 0 Å². The monoisotopic (exact) mass is 310 g/mol. The molecule has 0 bridgehead atoms. The van der Waals surface area contributed by atoms with Crippen molar-refractivity contribution in [3.63, 3.8) is 0 Å². The van der Waals surface area contributed by atoms with Gasteiger partial charge in [-0.3, -0.25) is 0 Å². The highest BCUT2D eigenvalue weighted by atomic mass is 16.6. The van der Waals surface area contributed by atoms with Crippen molar-refractivity contribution >= 4 is 11.9 Å². The van der Waals surface area contributed by atoms with Crippen LogP contribution in [0.2, 0.25) is 0 Å². The van der Waals surface area contributed by atoms with Crippen molar-refractivity contribution in [2.75, 3.05) is 0 Å². The van der Waals surface area contributed by atoms with E-state index in [0.29, 0.717) is 5.92 Å². The third-order valence-electron chi connectivity index (χ3n) is 4.84. The van der Waals surface area contributed by atoms with Gasteiger partial charge in [0.2, 0.25) is 0 Å². The molecule has 1 atom stereocenters. The zero-order valence-corrected chi connectivity index (χ0v) is 14.1. The number of esters is 1. The quantitative estimate of drug-likeness (QED) is 0.535. The van der Waals surface area contributed by atoms with E-state index in [4.69, 9.17) is 9.84 Å². The van der Waals surface area contributed by atoms with Crippen LogP contribution in [0.25, 0.3) is 0 Å². The average molecular weight is 310 g/mol. The molecule has 4 heteroatoms. The topological polar surface area (TPSA) is 63.6 Å². The smallest absolute Gasteiger partial charge is 0.331 e. The second kappa shape index (κ2) is 8.96. The van der Waals surface area contributed by atoms with Crippen LogP contribution in [-0.2, 0) is 14.3 Å². The van der Waals surface area contributed by atoms with Gasteiger partial charge in [-0.05, 0) is 31.6 Å². The number of rotatable bonds is 8. The lowest BCUT2D eigenvalue weighted by Crippen LogP contribution is -2.34. The lowest BCUT2D eigenvalue weighted by Gasteiger charge is -2.35. The highest BCUT2D eigenvalue weighted by molar-refractivity contribution is 5.90. The summed E-state index contributed by atoms with van der Waals surface area (Å²) < 4.78 is 5.53. The Kier molecular flexibility index (Phi) is 7.63. The van der Waals surface area contributed by atoms with Crippen LogP contribution in [0.1, 0.15) is 72.1 Å². The molecule has 4 nitrogen and oxygen atoms in total. The Morgan fingerprint density at radius 1 is 1.14 bits per heavy atom. The molecule has 0 amide bonds. The van der Waals surface area contributed by atoms with Crippen LogP contribution < -0.4 is 0 Å². The van der Waals surface area contributed by atoms with Gasteiger partial charge in [-0.2, -0.15) is 0 Å². The van der Waals surface area contributed by atoms with Gasteiger partial charge >= 0.3 is 11.9 Å². The molecule has 0 aliphatic heterocycles. The SMILES string of the molecule is CCCC1CCC(CC(C)(CC)OC(=O)/C=C/C(=O)O)CC1. The van der Waals surface area contributed by atoms with Crippen LogP contribution in [0.15, 0.2) is 12.2 Å². The third kappa shape index (κ3) is 6.63. The molecule has 1 N–H and O–H groups in total. The number of aliphatic carboxylic acids is 1. The van der Waals surface area contributed by atoms with Crippen molar-refractivity contribution in [3.8, 4) is 0 Å². The van der Waals surface area contributed by atoms with Crippen LogP contribution in [0.3, 0.4) is 0 Å². The van der Waals surface area contributed by atoms with Gasteiger partial charge in [-0.1, -0.05) is 52.4 Å². The van der Waals surface area contributed by atoms with Crippen molar-refractivity contribution in [1.29, 1.82) is 0 Å². The van der Waals surface area contributed by atoms with Crippen molar-refractivity contribution in [1.82, 2.24) is 0 Å². The van der Waals surface area contributed by atoms with E-state index < -0.39 is 17.5 Å². The number of carbonyl (C=O) groups excluding carboxylic acids is 1. The summed E-state index contributed by atoms with van der Waals surface area (Å²) in [7, 11) is 0. The predicted molar refractivity (Wildman–Crippen MR) is 86.5 cm³/mol. The van der Waals surface area contributed by atoms with E-state index in [2.05, 4.69) is 6.92 Å². The fourth-order valence-corrected chi connectivity index (χ4v) is 3.42. The van der Waals surface area contributed by atoms with Gasteiger partial charge < -0.3 is 9.84 Å². The molecule has 1 fully saturated rings. The van der Waals surface area contributed by atoms with Gasteiger partial charge in [0.25, 0.3) is 0 Å². The molecular weight excluding hydrogens is 280 g/mol. The maximum atomic E-state index is 11.7. The van der Waals surface area contributed by atoms with Gasteiger partial charge in [0.05, 0.1) is 0 Å². The van der Waals surface area contributed by atoms with Gasteiger partial charge in [-0.15, -0.1) is 0 Å². The molecule has 0 aromatic heterocycles. The molecule has 0 saturated heterocycles. The third-order valence-corrected chi connectivity index (χ3v) is 4.84. The number of ether oxygens (including phenoxy) is 1. The maximum absolute atomic E-state index is 11.7. The minimum absolute atomic E-state index is 0.498. The van der Waals surface area contributed by atoms with Crippen molar-refractivity contribution in [2.45, 2.75) is 77.7 Å². The largest absolute Gasteiger partial charge is 0.478 e. The van der Waals surface area contributed by atoms with E-state index in [1.54, 1.807) is 0 Å². The minimum atomic E-state index is -1.13. The minimum Gasteiger partial charge on any atom is -0.478 e. The Morgan fingerprint density at radius 2 is 1.73 bits per heavy atom. The molecule has 1 rings (SSSR count). The number of hydrogen-bond acceptors (Lipinski definition) is 3. The summed E-state index contributed by atoms with van der Waals surface area (Å²) in [4.78, 5) is 22.2. The Balaban J connectivity index is 2.49.